The molecule has 1 aliphatic heterocycles. The molecule has 5 nitrogen and oxygen atoms in total. The van der Waals surface area contributed by atoms with Gasteiger partial charge >= 0.3 is 5.97 Å². The second kappa shape index (κ2) is 4.82. The standard InChI is InChI=1S/C11H20N2O3/c1-8(14)13-6-5-12-7-9(13)10(15)16-11(2,3)4/h9,12H,5-7H2,1-4H3. The van der Waals surface area contributed by atoms with Crippen molar-refractivity contribution in [3.8, 4) is 0 Å². The molecule has 1 aliphatic rings. The molecular weight excluding hydrogens is 208 g/mol. The zero-order chi connectivity index (χ0) is 12.3. The molecule has 1 saturated heterocycles. The van der Waals surface area contributed by atoms with Crippen LogP contribution in [0.5, 0.6) is 0 Å². The number of nitrogens with one attached hydrogen (secondary N) is 1. The molecule has 0 bridgehead atoms. The topological polar surface area (TPSA) is 58.6 Å². The maximum atomic E-state index is 11.9. The van der Waals surface area contributed by atoms with Gasteiger partial charge in [0.25, 0.3) is 0 Å². The highest BCUT2D eigenvalue weighted by molar-refractivity contribution is 5.84. The van der Waals surface area contributed by atoms with Crippen molar-refractivity contribution in [2.75, 3.05) is 19.6 Å². The Morgan fingerprint density at radius 3 is 2.50 bits per heavy atom. The van der Waals surface area contributed by atoms with Crippen molar-refractivity contribution in [1.82, 2.24) is 10.2 Å². The van der Waals surface area contributed by atoms with Crippen molar-refractivity contribution in [3.05, 3.63) is 0 Å². The van der Waals surface area contributed by atoms with Crippen molar-refractivity contribution in [3.63, 3.8) is 0 Å². The average Bonchev–Trinajstić information content (AvgIpc) is 2.15. The van der Waals surface area contributed by atoms with Crippen molar-refractivity contribution in [2.24, 2.45) is 0 Å². The van der Waals surface area contributed by atoms with Gasteiger partial charge in [-0.25, -0.2) is 4.79 Å². The first-order valence-electron chi connectivity index (χ1n) is 5.52. The highest BCUT2D eigenvalue weighted by atomic mass is 16.6. The van der Waals surface area contributed by atoms with Gasteiger partial charge in [0.2, 0.25) is 5.91 Å². The van der Waals surface area contributed by atoms with Crippen LogP contribution in [0.3, 0.4) is 0 Å². The van der Waals surface area contributed by atoms with E-state index < -0.39 is 11.6 Å². The molecule has 5 heteroatoms. The Bertz CT molecular complexity index is 283. The molecule has 1 unspecified atom stereocenters. The van der Waals surface area contributed by atoms with Crippen LogP contribution in [0, 0.1) is 0 Å². The Morgan fingerprint density at radius 2 is 2.00 bits per heavy atom. The largest absolute Gasteiger partial charge is 0.458 e. The molecule has 1 amide bonds. The van der Waals surface area contributed by atoms with Crippen LogP contribution in [0.25, 0.3) is 0 Å². The number of rotatable bonds is 1. The Morgan fingerprint density at radius 1 is 1.38 bits per heavy atom. The third-order valence-corrected chi connectivity index (χ3v) is 2.33. The highest BCUT2D eigenvalue weighted by Gasteiger charge is 2.33. The second-order valence-electron chi connectivity index (χ2n) is 4.97. The van der Waals surface area contributed by atoms with E-state index in [4.69, 9.17) is 4.74 Å². The van der Waals surface area contributed by atoms with Crippen LogP contribution in [0.4, 0.5) is 0 Å². The van der Waals surface area contributed by atoms with E-state index in [2.05, 4.69) is 5.32 Å². The quantitative estimate of drug-likeness (QED) is 0.649. The lowest BCUT2D eigenvalue weighted by atomic mass is 10.1. The number of ether oxygens (including phenoxy) is 1. The Balaban J connectivity index is 2.68. The molecular formula is C11H20N2O3. The van der Waals surface area contributed by atoms with E-state index in [1.165, 1.54) is 6.92 Å². The zero-order valence-corrected chi connectivity index (χ0v) is 10.4. The minimum atomic E-state index is -0.517. The molecule has 0 radical (unpaired) electrons. The number of amides is 1. The maximum absolute atomic E-state index is 11.9. The zero-order valence-electron chi connectivity index (χ0n) is 10.4. The summed E-state index contributed by atoms with van der Waals surface area (Å²) in [6, 6.07) is -0.495. The SMILES string of the molecule is CC(=O)N1CCNCC1C(=O)OC(C)(C)C. The molecule has 16 heavy (non-hydrogen) atoms. The van der Waals surface area contributed by atoms with Gasteiger partial charge in [0, 0.05) is 26.6 Å². The average molecular weight is 228 g/mol. The van der Waals surface area contributed by atoms with Crippen molar-refractivity contribution < 1.29 is 14.3 Å². The van der Waals surface area contributed by atoms with Crippen LogP contribution >= 0.6 is 0 Å². The van der Waals surface area contributed by atoms with Gasteiger partial charge in [0.05, 0.1) is 0 Å². The molecule has 1 atom stereocenters. The minimum Gasteiger partial charge on any atom is -0.458 e. The third kappa shape index (κ3) is 3.48. The van der Waals surface area contributed by atoms with Crippen molar-refractivity contribution in [1.29, 1.82) is 0 Å². The summed E-state index contributed by atoms with van der Waals surface area (Å²) < 4.78 is 5.28. The van der Waals surface area contributed by atoms with Gasteiger partial charge in [0.15, 0.2) is 0 Å². The van der Waals surface area contributed by atoms with Crippen LogP contribution < -0.4 is 5.32 Å². The smallest absolute Gasteiger partial charge is 0.330 e. The Kier molecular flexibility index (Phi) is 3.91. The number of hydrogen-bond acceptors (Lipinski definition) is 4. The van der Waals surface area contributed by atoms with Crippen LogP contribution in [-0.2, 0) is 14.3 Å². The summed E-state index contributed by atoms with van der Waals surface area (Å²) in [5.41, 5.74) is -0.517. The van der Waals surface area contributed by atoms with E-state index in [0.717, 1.165) is 6.54 Å². The summed E-state index contributed by atoms with van der Waals surface area (Å²) in [6.07, 6.45) is 0. The number of piperazine rings is 1. The van der Waals surface area contributed by atoms with Gasteiger partial charge in [-0.15, -0.1) is 0 Å². The minimum absolute atomic E-state index is 0.0858. The first-order valence-corrected chi connectivity index (χ1v) is 5.52. The third-order valence-electron chi connectivity index (χ3n) is 2.33. The van der Waals surface area contributed by atoms with Crippen LogP contribution in [0.2, 0.25) is 0 Å². The van der Waals surface area contributed by atoms with Crippen molar-refractivity contribution in [2.45, 2.75) is 39.3 Å². The van der Waals surface area contributed by atoms with Crippen LogP contribution in [0.15, 0.2) is 0 Å². The van der Waals surface area contributed by atoms with Gasteiger partial charge in [0.1, 0.15) is 11.6 Å². The first kappa shape index (κ1) is 13.0. The number of carbonyl (C=O) groups excluding carboxylic acids is 2. The molecule has 0 saturated carbocycles. The highest BCUT2D eigenvalue weighted by Crippen LogP contribution is 2.12. The summed E-state index contributed by atoms with van der Waals surface area (Å²) in [4.78, 5) is 24.8. The maximum Gasteiger partial charge on any atom is 0.330 e. The summed E-state index contributed by atoms with van der Waals surface area (Å²) in [5.74, 6) is -0.424. The molecule has 0 aromatic heterocycles. The fourth-order valence-corrected chi connectivity index (χ4v) is 1.66. The number of hydrogen-bond donors (Lipinski definition) is 1. The monoisotopic (exact) mass is 228 g/mol. The van der Waals surface area contributed by atoms with E-state index in [9.17, 15) is 9.59 Å². The molecule has 1 rings (SSSR count). The summed E-state index contributed by atoms with van der Waals surface area (Å²) in [6.45, 7) is 8.67. The number of esters is 1. The lowest BCUT2D eigenvalue weighted by molar-refractivity contribution is -0.165. The molecule has 0 spiro atoms. The van der Waals surface area contributed by atoms with Gasteiger partial charge < -0.3 is 15.0 Å². The van der Waals surface area contributed by atoms with E-state index in [1.807, 2.05) is 20.8 Å². The fraction of sp³-hybridized carbons (Fsp3) is 0.818. The van der Waals surface area contributed by atoms with Gasteiger partial charge in [-0.1, -0.05) is 0 Å². The number of carbonyl (C=O) groups is 2. The molecule has 92 valence electrons. The van der Waals surface area contributed by atoms with E-state index in [-0.39, 0.29) is 11.9 Å². The Hall–Kier alpha value is -1.10. The molecule has 0 aromatic rings. The van der Waals surface area contributed by atoms with E-state index in [0.29, 0.717) is 13.1 Å². The molecule has 1 heterocycles. The van der Waals surface area contributed by atoms with E-state index in [1.54, 1.807) is 4.90 Å². The number of nitrogens with zero attached hydrogens (tertiary/aromatic N) is 1. The van der Waals surface area contributed by atoms with Crippen molar-refractivity contribution >= 4 is 11.9 Å². The molecule has 1 N–H and O–H groups in total. The summed E-state index contributed by atoms with van der Waals surface area (Å²) in [5, 5.41) is 3.09. The predicted octanol–water partition coefficient (Wildman–Crippen LogP) is 0.148. The second-order valence-corrected chi connectivity index (χ2v) is 4.97. The van der Waals surface area contributed by atoms with Gasteiger partial charge in [-0.3, -0.25) is 4.79 Å². The lowest BCUT2D eigenvalue weighted by Gasteiger charge is -2.35. The Labute approximate surface area is 96.1 Å². The first-order chi connectivity index (χ1) is 7.31. The molecule has 0 aliphatic carbocycles. The van der Waals surface area contributed by atoms with E-state index >= 15 is 0 Å². The normalized spacial score (nSPS) is 21.8. The van der Waals surface area contributed by atoms with Gasteiger partial charge in [-0.05, 0) is 20.8 Å². The van der Waals surface area contributed by atoms with Crippen LogP contribution in [-0.4, -0.2) is 48.1 Å². The molecule has 0 aromatic carbocycles. The predicted molar refractivity (Wildman–Crippen MR) is 59.9 cm³/mol. The summed E-state index contributed by atoms with van der Waals surface area (Å²) in [7, 11) is 0. The van der Waals surface area contributed by atoms with Gasteiger partial charge in [-0.2, -0.15) is 0 Å². The van der Waals surface area contributed by atoms with Crippen LogP contribution in [0.1, 0.15) is 27.7 Å². The summed E-state index contributed by atoms with van der Waals surface area (Å²) >= 11 is 0. The molecule has 1 fully saturated rings. The fourth-order valence-electron chi connectivity index (χ4n) is 1.66. The lowest BCUT2D eigenvalue weighted by Crippen LogP contribution is -2.57.